The summed E-state index contributed by atoms with van der Waals surface area (Å²) in [5.41, 5.74) is 5.52. The van der Waals surface area contributed by atoms with Crippen LogP contribution in [0, 0.1) is 0 Å². The second-order valence-corrected chi connectivity index (χ2v) is 6.31. The van der Waals surface area contributed by atoms with Gasteiger partial charge in [0.2, 0.25) is 0 Å². The van der Waals surface area contributed by atoms with Gasteiger partial charge in [0.15, 0.2) is 11.4 Å². The lowest BCUT2D eigenvalue weighted by Gasteiger charge is -2.27. The zero-order chi connectivity index (χ0) is 14.8. The maximum absolute atomic E-state index is 12.8. The van der Waals surface area contributed by atoms with E-state index < -0.39 is 13.3 Å². The van der Waals surface area contributed by atoms with Crippen LogP contribution in [0.15, 0.2) is 29.3 Å². The maximum Gasteiger partial charge on any atom is 0.349 e. The van der Waals surface area contributed by atoms with Crippen molar-refractivity contribution in [2.75, 3.05) is 13.2 Å². The van der Waals surface area contributed by atoms with Gasteiger partial charge >= 0.3 is 7.60 Å². The Bertz CT molecular complexity index is 590. The number of carbonyl (C=O) groups excluding carboxylic acids is 1. The van der Waals surface area contributed by atoms with Crippen molar-refractivity contribution in [3.8, 4) is 0 Å². The molecule has 1 heterocycles. The zero-order valence-corrected chi connectivity index (χ0v) is 12.3. The summed E-state index contributed by atoms with van der Waals surface area (Å²) >= 11 is 0. The molecular formula is C13H17N2O4P. The molecule has 1 atom stereocenters. The first-order valence-corrected chi connectivity index (χ1v) is 8.00. The van der Waals surface area contributed by atoms with E-state index in [1.54, 1.807) is 38.1 Å². The zero-order valence-electron chi connectivity index (χ0n) is 11.4. The van der Waals surface area contributed by atoms with E-state index in [0.717, 1.165) is 0 Å². The molecule has 7 heteroatoms. The molecule has 20 heavy (non-hydrogen) atoms. The van der Waals surface area contributed by atoms with E-state index in [0.29, 0.717) is 11.3 Å². The summed E-state index contributed by atoms with van der Waals surface area (Å²) in [6, 6.07) is 6.79. The van der Waals surface area contributed by atoms with Crippen LogP contribution in [0.1, 0.15) is 24.2 Å². The molecule has 2 N–H and O–H groups in total. The molecule has 0 amide bonds. The van der Waals surface area contributed by atoms with Gasteiger partial charge in [-0.15, -0.1) is 0 Å². The molecule has 0 spiro atoms. The number of rotatable bonds is 5. The van der Waals surface area contributed by atoms with Gasteiger partial charge in [-0.3, -0.25) is 9.36 Å². The average molecular weight is 296 g/mol. The summed E-state index contributed by atoms with van der Waals surface area (Å²) in [4.78, 5) is 16.7. The standard InChI is InChI=1S/C13H17N2O4P/c1-3-18-20(17,19-4-2)12-11(16)9-7-5-6-8-10(9)15-13(12)14/h5-8,12H,3-4H2,1-2H3,(H2,14,15). The van der Waals surface area contributed by atoms with Gasteiger partial charge in [0.05, 0.1) is 18.9 Å². The van der Waals surface area contributed by atoms with Gasteiger partial charge in [-0.1, -0.05) is 12.1 Å². The molecule has 0 fully saturated rings. The number of hydrogen-bond donors (Lipinski definition) is 1. The number of fused-ring (bicyclic) bond motifs is 1. The van der Waals surface area contributed by atoms with Crippen LogP contribution in [-0.4, -0.2) is 30.5 Å². The lowest BCUT2D eigenvalue weighted by molar-refractivity contribution is 0.0987. The van der Waals surface area contributed by atoms with Crippen LogP contribution in [0.5, 0.6) is 0 Å². The maximum atomic E-state index is 12.8. The number of hydrogen-bond acceptors (Lipinski definition) is 6. The van der Waals surface area contributed by atoms with E-state index in [9.17, 15) is 9.36 Å². The van der Waals surface area contributed by atoms with E-state index in [4.69, 9.17) is 14.8 Å². The summed E-state index contributed by atoms with van der Waals surface area (Å²) in [6.45, 7) is 3.69. The van der Waals surface area contributed by atoms with Gasteiger partial charge in [-0.25, -0.2) is 4.99 Å². The third-order valence-electron chi connectivity index (χ3n) is 2.88. The molecule has 1 aromatic rings. The topological polar surface area (TPSA) is 91.0 Å². The van der Waals surface area contributed by atoms with Crippen LogP contribution in [0.4, 0.5) is 5.69 Å². The minimum absolute atomic E-state index is 0.0288. The van der Waals surface area contributed by atoms with Crippen LogP contribution in [0.2, 0.25) is 0 Å². The molecule has 0 aliphatic carbocycles. The van der Waals surface area contributed by atoms with Gasteiger partial charge in [0, 0.05) is 5.56 Å². The minimum Gasteiger partial charge on any atom is -0.386 e. The highest BCUT2D eigenvalue weighted by Gasteiger charge is 2.46. The van der Waals surface area contributed by atoms with Crippen molar-refractivity contribution in [2.24, 2.45) is 10.7 Å². The quantitative estimate of drug-likeness (QED) is 0.843. The number of aliphatic imine (C=N–C) groups is 1. The predicted molar refractivity (Wildman–Crippen MR) is 76.7 cm³/mol. The van der Waals surface area contributed by atoms with E-state index in [1.807, 2.05) is 0 Å². The molecular weight excluding hydrogens is 279 g/mol. The summed E-state index contributed by atoms with van der Waals surface area (Å²) in [5, 5.41) is 0. The molecule has 2 rings (SSSR count). The van der Waals surface area contributed by atoms with Gasteiger partial charge in [-0.2, -0.15) is 0 Å². The Labute approximate surface area is 117 Å². The smallest absolute Gasteiger partial charge is 0.349 e. The van der Waals surface area contributed by atoms with Crippen molar-refractivity contribution in [1.29, 1.82) is 0 Å². The van der Waals surface area contributed by atoms with E-state index >= 15 is 0 Å². The Morgan fingerprint density at radius 2 is 1.85 bits per heavy atom. The summed E-state index contributed by atoms with van der Waals surface area (Å²) < 4.78 is 23.2. The first kappa shape index (κ1) is 14.9. The second-order valence-electron chi connectivity index (χ2n) is 4.20. The van der Waals surface area contributed by atoms with Gasteiger partial charge in [0.1, 0.15) is 5.84 Å². The second kappa shape index (κ2) is 5.87. The van der Waals surface area contributed by atoms with Crippen LogP contribution in [0.25, 0.3) is 0 Å². The third kappa shape index (κ3) is 2.54. The summed E-state index contributed by atoms with van der Waals surface area (Å²) in [7, 11) is -3.67. The highest BCUT2D eigenvalue weighted by atomic mass is 31.2. The van der Waals surface area contributed by atoms with E-state index in [2.05, 4.69) is 4.99 Å². The minimum atomic E-state index is -3.67. The fraction of sp³-hybridized carbons (Fsp3) is 0.385. The molecule has 6 nitrogen and oxygen atoms in total. The molecule has 0 saturated heterocycles. The summed E-state index contributed by atoms with van der Waals surface area (Å²) in [6.07, 6.45) is 0. The molecule has 1 aliphatic heterocycles. The van der Waals surface area contributed by atoms with Crippen molar-refractivity contribution in [3.05, 3.63) is 29.8 Å². The third-order valence-corrected chi connectivity index (χ3v) is 5.25. The number of ketones is 1. The van der Waals surface area contributed by atoms with Crippen LogP contribution in [-0.2, 0) is 13.6 Å². The number of para-hydroxylation sites is 1. The highest BCUT2D eigenvalue weighted by Crippen LogP contribution is 2.55. The largest absolute Gasteiger partial charge is 0.386 e. The Morgan fingerprint density at radius 3 is 2.45 bits per heavy atom. The fourth-order valence-corrected chi connectivity index (χ4v) is 4.01. The SMILES string of the molecule is CCOP(=O)(OCC)C1C(=O)c2ccccc2N=C1N. The first-order valence-electron chi connectivity index (χ1n) is 6.39. The van der Waals surface area contributed by atoms with E-state index in [1.165, 1.54) is 0 Å². The van der Waals surface area contributed by atoms with Gasteiger partial charge in [0.25, 0.3) is 0 Å². The van der Waals surface area contributed by atoms with E-state index in [-0.39, 0.29) is 24.8 Å². The van der Waals surface area contributed by atoms with Gasteiger partial charge < -0.3 is 14.8 Å². The molecule has 1 unspecified atom stereocenters. The molecule has 1 aromatic carbocycles. The number of amidine groups is 1. The number of nitrogens with two attached hydrogens (primary N) is 1. The summed E-state index contributed by atoms with van der Waals surface area (Å²) in [5.74, 6) is -0.405. The number of carbonyl (C=O) groups is 1. The van der Waals surface area contributed by atoms with Crippen LogP contribution in [0.3, 0.4) is 0 Å². The Morgan fingerprint density at radius 1 is 1.25 bits per heavy atom. The fourth-order valence-electron chi connectivity index (χ4n) is 2.11. The molecule has 0 radical (unpaired) electrons. The van der Waals surface area contributed by atoms with Crippen molar-refractivity contribution >= 4 is 24.9 Å². The lowest BCUT2D eigenvalue weighted by atomic mass is 10.0. The van der Waals surface area contributed by atoms with Crippen molar-refractivity contribution in [2.45, 2.75) is 19.5 Å². The van der Waals surface area contributed by atoms with Gasteiger partial charge in [-0.05, 0) is 26.0 Å². The first-order chi connectivity index (χ1) is 9.53. The van der Waals surface area contributed by atoms with Crippen molar-refractivity contribution < 1.29 is 18.4 Å². The van der Waals surface area contributed by atoms with Crippen molar-refractivity contribution in [3.63, 3.8) is 0 Å². The molecule has 108 valence electrons. The predicted octanol–water partition coefficient (Wildman–Crippen LogP) is 2.51. The highest BCUT2D eigenvalue weighted by molar-refractivity contribution is 7.57. The Balaban J connectivity index is 2.48. The van der Waals surface area contributed by atoms with Crippen molar-refractivity contribution in [1.82, 2.24) is 0 Å². The molecule has 1 aliphatic rings. The lowest BCUT2D eigenvalue weighted by Crippen LogP contribution is -2.39. The molecule has 0 aromatic heterocycles. The number of benzene rings is 1. The monoisotopic (exact) mass is 296 g/mol. The number of Topliss-reactive ketones (excluding diaryl/α,β-unsaturated/α-hetero) is 1. The Hall–Kier alpha value is -1.49. The number of nitrogens with zero attached hydrogens (tertiary/aromatic N) is 1. The normalized spacial score (nSPS) is 18.6. The Kier molecular flexibility index (Phi) is 4.38. The molecule has 0 saturated carbocycles. The van der Waals surface area contributed by atoms with Crippen LogP contribution < -0.4 is 5.73 Å². The average Bonchev–Trinajstić information content (AvgIpc) is 2.39. The molecule has 0 bridgehead atoms. The van der Waals surface area contributed by atoms with Crippen LogP contribution >= 0.6 is 7.60 Å².